The van der Waals surface area contributed by atoms with Crippen LogP contribution in [0.3, 0.4) is 0 Å². The Labute approximate surface area is 118 Å². The molecule has 4 N–H and O–H groups in total. The Hall–Kier alpha value is -2.20. The molecule has 2 aromatic rings. The number of nitrogens with one attached hydrogen (secondary N) is 1. The summed E-state index contributed by atoms with van der Waals surface area (Å²) in [7, 11) is 0. The highest BCUT2D eigenvalue weighted by Crippen LogP contribution is 2.29. The summed E-state index contributed by atoms with van der Waals surface area (Å²) in [6, 6.07) is 12.3. The normalized spacial score (nSPS) is 12.1. The number of phenolic OH excluding ortho intramolecular Hbond substituents is 2. The molecule has 0 aliphatic rings. The molecule has 0 saturated carbocycles. The highest BCUT2D eigenvalue weighted by Gasteiger charge is 2.10. The highest BCUT2D eigenvalue weighted by atomic mass is 16.3. The van der Waals surface area contributed by atoms with Gasteiger partial charge in [0.25, 0.3) is 0 Å². The summed E-state index contributed by atoms with van der Waals surface area (Å²) in [5.41, 5.74) is 2.74. The smallest absolute Gasteiger partial charge is 0.124 e. The van der Waals surface area contributed by atoms with Gasteiger partial charge in [0.2, 0.25) is 0 Å². The molecule has 0 fully saturated rings. The van der Waals surface area contributed by atoms with Gasteiger partial charge in [0.05, 0.1) is 6.04 Å². The molecule has 0 saturated heterocycles. The second-order valence-corrected chi connectivity index (χ2v) is 4.78. The molecule has 1 unspecified atom stereocenters. The minimum Gasteiger partial charge on any atom is -0.508 e. The van der Waals surface area contributed by atoms with Crippen LogP contribution >= 0.6 is 0 Å². The number of aliphatic hydroxyl groups excluding tert-OH is 1. The van der Waals surface area contributed by atoms with E-state index in [1.165, 1.54) is 6.07 Å². The number of hydrogen-bond acceptors (Lipinski definition) is 4. The zero-order valence-corrected chi connectivity index (χ0v) is 11.4. The molecule has 0 bridgehead atoms. The Kier molecular flexibility index (Phi) is 4.48. The van der Waals surface area contributed by atoms with E-state index in [-0.39, 0.29) is 24.1 Å². The van der Waals surface area contributed by atoms with Crippen LogP contribution in [0.5, 0.6) is 11.5 Å². The first-order valence-electron chi connectivity index (χ1n) is 6.58. The summed E-state index contributed by atoms with van der Waals surface area (Å²) in [4.78, 5) is 0. The second kappa shape index (κ2) is 6.30. The third-order valence-corrected chi connectivity index (χ3v) is 3.22. The van der Waals surface area contributed by atoms with Crippen molar-refractivity contribution in [2.45, 2.75) is 19.4 Å². The van der Waals surface area contributed by atoms with Gasteiger partial charge in [-0.3, -0.25) is 0 Å². The molecule has 4 heteroatoms. The number of hydrogen-bond donors (Lipinski definition) is 4. The first kappa shape index (κ1) is 14.2. The summed E-state index contributed by atoms with van der Waals surface area (Å²) in [5.74, 6) is 0.119. The van der Waals surface area contributed by atoms with E-state index in [2.05, 4.69) is 5.32 Å². The van der Waals surface area contributed by atoms with Crippen molar-refractivity contribution in [1.82, 2.24) is 0 Å². The van der Waals surface area contributed by atoms with Gasteiger partial charge in [0.1, 0.15) is 11.5 Å². The molecule has 2 rings (SSSR count). The van der Waals surface area contributed by atoms with Crippen LogP contribution in [-0.2, 0) is 6.42 Å². The first-order chi connectivity index (χ1) is 9.60. The lowest BCUT2D eigenvalue weighted by atomic mass is 10.1. The maximum Gasteiger partial charge on any atom is 0.124 e. The molecule has 0 spiro atoms. The molecule has 4 nitrogen and oxygen atoms in total. The van der Waals surface area contributed by atoms with Gasteiger partial charge in [-0.15, -0.1) is 0 Å². The minimum absolute atomic E-state index is 0.0480. The summed E-state index contributed by atoms with van der Waals surface area (Å²) in [5, 5.41) is 31.3. The third-order valence-electron chi connectivity index (χ3n) is 3.22. The van der Waals surface area contributed by atoms with Crippen molar-refractivity contribution in [3.63, 3.8) is 0 Å². The van der Waals surface area contributed by atoms with Crippen LogP contribution in [-0.4, -0.2) is 21.9 Å². The lowest BCUT2D eigenvalue weighted by Gasteiger charge is -2.17. The molecule has 20 heavy (non-hydrogen) atoms. The topological polar surface area (TPSA) is 72.7 Å². The van der Waals surface area contributed by atoms with Gasteiger partial charge in [0.15, 0.2) is 0 Å². The van der Waals surface area contributed by atoms with Crippen molar-refractivity contribution >= 4 is 5.69 Å². The van der Waals surface area contributed by atoms with Gasteiger partial charge in [-0.2, -0.15) is 0 Å². The van der Waals surface area contributed by atoms with Crippen LogP contribution in [0.2, 0.25) is 0 Å². The standard InChI is InChI=1S/C16H19NO3/c1-11(15-7-6-14(19)10-16(15)20)17-13-4-2-12(3-5-13)8-9-18/h2-7,10-11,17-20H,8-9H2,1H3. The van der Waals surface area contributed by atoms with Crippen LogP contribution in [0.15, 0.2) is 42.5 Å². The van der Waals surface area contributed by atoms with Gasteiger partial charge in [0, 0.05) is 23.9 Å². The van der Waals surface area contributed by atoms with E-state index in [0.29, 0.717) is 6.42 Å². The van der Waals surface area contributed by atoms with Gasteiger partial charge in [-0.25, -0.2) is 0 Å². The van der Waals surface area contributed by atoms with Crippen molar-refractivity contribution < 1.29 is 15.3 Å². The average Bonchev–Trinajstić information content (AvgIpc) is 2.41. The number of rotatable bonds is 5. The number of aromatic hydroxyl groups is 2. The molecular formula is C16H19NO3. The quantitative estimate of drug-likeness (QED) is 0.676. The SMILES string of the molecule is CC(Nc1ccc(CCO)cc1)c1ccc(O)cc1O. The van der Waals surface area contributed by atoms with Crippen LogP contribution in [0.1, 0.15) is 24.1 Å². The molecule has 0 aliphatic carbocycles. The molecule has 1 atom stereocenters. The van der Waals surface area contributed by atoms with Crippen LogP contribution < -0.4 is 5.32 Å². The zero-order valence-electron chi connectivity index (χ0n) is 11.4. The lowest BCUT2D eigenvalue weighted by molar-refractivity contribution is 0.299. The second-order valence-electron chi connectivity index (χ2n) is 4.78. The van der Waals surface area contributed by atoms with Crippen molar-refractivity contribution in [1.29, 1.82) is 0 Å². The predicted molar refractivity (Wildman–Crippen MR) is 79.0 cm³/mol. The average molecular weight is 273 g/mol. The monoisotopic (exact) mass is 273 g/mol. The van der Waals surface area contributed by atoms with Gasteiger partial charge < -0.3 is 20.6 Å². The Morgan fingerprint density at radius 1 is 1.05 bits per heavy atom. The molecular weight excluding hydrogens is 254 g/mol. The van der Waals surface area contributed by atoms with Crippen molar-refractivity contribution in [2.24, 2.45) is 0 Å². The lowest BCUT2D eigenvalue weighted by Crippen LogP contribution is -2.06. The fraction of sp³-hybridized carbons (Fsp3) is 0.250. The Bertz CT molecular complexity index is 566. The van der Waals surface area contributed by atoms with Crippen LogP contribution in [0.4, 0.5) is 5.69 Å². The number of anilines is 1. The summed E-state index contributed by atoms with van der Waals surface area (Å²) >= 11 is 0. The minimum atomic E-state index is -0.0840. The molecule has 0 aromatic heterocycles. The number of benzene rings is 2. The maximum absolute atomic E-state index is 9.83. The molecule has 106 valence electrons. The van der Waals surface area contributed by atoms with E-state index in [1.54, 1.807) is 12.1 Å². The van der Waals surface area contributed by atoms with Crippen molar-refractivity contribution in [3.05, 3.63) is 53.6 Å². The van der Waals surface area contributed by atoms with Gasteiger partial charge in [-0.1, -0.05) is 12.1 Å². The summed E-state index contributed by atoms with van der Waals surface area (Å²) in [6.07, 6.45) is 0.647. The Balaban J connectivity index is 2.08. The van der Waals surface area contributed by atoms with E-state index >= 15 is 0 Å². The zero-order chi connectivity index (χ0) is 14.5. The van der Waals surface area contributed by atoms with Gasteiger partial charge >= 0.3 is 0 Å². The fourth-order valence-corrected chi connectivity index (χ4v) is 2.12. The molecule has 0 heterocycles. The van der Waals surface area contributed by atoms with E-state index in [1.807, 2.05) is 31.2 Å². The molecule has 2 aromatic carbocycles. The fourth-order valence-electron chi connectivity index (χ4n) is 2.12. The highest BCUT2D eigenvalue weighted by molar-refractivity contribution is 5.49. The molecule has 0 radical (unpaired) electrons. The molecule has 0 aliphatic heterocycles. The maximum atomic E-state index is 9.83. The van der Waals surface area contributed by atoms with Crippen molar-refractivity contribution in [2.75, 3.05) is 11.9 Å². The first-order valence-corrected chi connectivity index (χ1v) is 6.58. The third kappa shape index (κ3) is 3.42. The summed E-state index contributed by atoms with van der Waals surface area (Å²) < 4.78 is 0. The van der Waals surface area contributed by atoms with E-state index in [0.717, 1.165) is 16.8 Å². The number of phenols is 2. The van der Waals surface area contributed by atoms with Crippen molar-refractivity contribution in [3.8, 4) is 11.5 Å². The van der Waals surface area contributed by atoms with E-state index < -0.39 is 0 Å². The Morgan fingerprint density at radius 3 is 2.35 bits per heavy atom. The van der Waals surface area contributed by atoms with Crippen LogP contribution in [0, 0.1) is 0 Å². The molecule has 0 amide bonds. The van der Waals surface area contributed by atoms with Gasteiger partial charge in [-0.05, 0) is 43.2 Å². The summed E-state index contributed by atoms with van der Waals surface area (Å²) in [6.45, 7) is 2.08. The number of aliphatic hydroxyl groups is 1. The Morgan fingerprint density at radius 2 is 1.75 bits per heavy atom. The predicted octanol–water partition coefficient (Wildman–Crippen LogP) is 2.81. The largest absolute Gasteiger partial charge is 0.508 e. The van der Waals surface area contributed by atoms with E-state index in [4.69, 9.17) is 5.11 Å². The van der Waals surface area contributed by atoms with Crippen LogP contribution in [0.25, 0.3) is 0 Å². The van der Waals surface area contributed by atoms with E-state index in [9.17, 15) is 10.2 Å².